The van der Waals surface area contributed by atoms with E-state index in [0.29, 0.717) is 25.4 Å². The maximum atomic E-state index is 11.8. The molecule has 1 aliphatic rings. The number of ether oxygens (including phenoxy) is 1. The largest absolute Gasteiger partial charge is 0.480 e. The van der Waals surface area contributed by atoms with E-state index in [-0.39, 0.29) is 0 Å². The maximum absolute atomic E-state index is 11.8. The van der Waals surface area contributed by atoms with Gasteiger partial charge >= 0.3 is 12.0 Å². The molecule has 1 fully saturated rings. The second-order valence-electron chi connectivity index (χ2n) is 4.99. The molecule has 0 bridgehead atoms. The van der Waals surface area contributed by atoms with Crippen LogP contribution < -0.4 is 10.6 Å². The van der Waals surface area contributed by atoms with Crippen molar-refractivity contribution < 1.29 is 19.4 Å². The average Bonchev–Trinajstić information content (AvgIpc) is 2.34. The third-order valence-corrected chi connectivity index (χ3v) is 3.71. The standard InChI is InChI=1S/C12H22N2O4S/c1-12(5-3-6-18-8-12)14-11(17)13-9(10(15)16)4-7-19-2/h9H,3-8H2,1-2H3,(H,15,16)(H2,13,14,17). The van der Waals surface area contributed by atoms with Crippen molar-refractivity contribution in [3.8, 4) is 0 Å². The lowest BCUT2D eigenvalue weighted by atomic mass is 9.95. The number of carboxylic acid groups (broad SMARTS) is 1. The Morgan fingerprint density at radius 3 is 2.79 bits per heavy atom. The number of aliphatic carboxylic acids is 1. The molecule has 0 spiro atoms. The Morgan fingerprint density at radius 1 is 1.53 bits per heavy atom. The summed E-state index contributed by atoms with van der Waals surface area (Å²) in [5.41, 5.74) is -0.412. The fraction of sp³-hybridized carbons (Fsp3) is 0.833. The van der Waals surface area contributed by atoms with E-state index in [1.165, 1.54) is 0 Å². The van der Waals surface area contributed by atoms with E-state index >= 15 is 0 Å². The van der Waals surface area contributed by atoms with Gasteiger partial charge in [-0.1, -0.05) is 0 Å². The van der Waals surface area contributed by atoms with Gasteiger partial charge in [-0.2, -0.15) is 11.8 Å². The molecule has 2 unspecified atom stereocenters. The Labute approximate surface area is 117 Å². The summed E-state index contributed by atoms with van der Waals surface area (Å²) in [5.74, 6) is -0.313. The Balaban J connectivity index is 2.45. The van der Waals surface area contributed by atoms with E-state index in [1.54, 1.807) is 11.8 Å². The summed E-state index contributed by atoms with van der Waals surface area (Å²) >= 11 is 1.55. The molecule has 0 aromatic heterocycles. The first-order valence-corrected chi connectivity index (χ1v) is 7.74. The van der Waals surface area contributed by atoms with E-state index < -0.39 is 23.6 Å². The summed E-state index contributed by atoms with van der Waals surface area (Å²) in [6.07, 6.45) is 4.05. The van der Waals surface area contributed by atoms with Crippen LogP contribution in [0, 0.1) is 0 Å². The first-order valence-electron chi connectivity index (χ1n) is 6.35. The fourth-order valence-electron chi connectivity index (χ4n) is 1.99. The van der Waals surface area contributed by atoms with E-state index in [1.807, 2.05) is 13.2 Å². The van der Waals surface area contributed by atoms with Gasteiger partial charge in [-0.25, -0.2) is 9.59 Å². The number of hydrogen-bond donors (Lipinski definition) is 3. The van der Waals surface area contributed by atoms with E-state index in [4.69, 9.17) is 9.84 Å². The first-order chi connectivity index (χ1) is 8.97. The number of carbonyl (C=O) groups is 2. The monoisotopic (exact) mass is 290 g/mol. The summed E-state index contributed by atoms with van der Waals surface area (Å²) in [6.45, 7) is 3.08. The zero-order chi connectivity index (χ0) is 14.3. The topological polar surface area (TPSA) is 87.7 Å². The van der Waals surface area contributed by atoms with Gasteiger partial charge in [0, 0.05) is 6.61 Å². The van der Waals surface area contributed by atoms with E-state index in [0.717, 1.165) is 12.8 Å². The number of rotatable bonds is 6. The van der Waals surface area contributed by atoms with Crippen molar-refractivity contribution in [2.45, 2.75) is 37.8 Å². The fourth-order valence-corrected chi connectivity index (χ4v) is 2.47. The Bertz CT molecular complexity index is 319. The molecule has 0 saturated carbocycles. The summed E-state index contributed by atoms with van der Waals surface area (Å²) in [6, 6.07) is -1.29. The van der Waals surface area contributed by atoms with E-state index in [2.05, 4.69) is 10.6 Å². The van der Waals surface area contributed by atoms with Gasteiger partial charge in [0.25, 0.3) is 0 Å². The number of thioether (sulfide) groups is 1. The minimum absolute atomic E-state index is 0.412. The van der Waals surface area contributed by atoms with Crippen molar-refractivity contribution in [3.05, 3.63) is 0 Å². The zero-order valence-corrected chi connectivity index (χ0v) is 12.2. The van der Waals surface area contributed by atoms with Crippen LogP contribution in [0.1, 0.15) is 26.2 Å². The van der Waals surface area contributed by atoms with Gasteiger partial charge in [-0.05, 0) is 38.2 Å². The SMILES string of the molecule is CSCCC(NC(=O)NC1(C)CCCOC1)C(=O)O. The van der Waals surface area contributed by atoms with Crippen LogP contribution in [0.4, 0.5) is 4.79 Å². The van der Waals surface area contributed by atoms with Gasteiger partial charge in [0.15, 0.2) is 0 Å². The van der Waals surface area contributed by atoms with Gasteiger partial charge in [-0.15, -0.1) is 0 Å². The molecule has 3 N–H and O–H groups in total. The summed E-state index contributed by atoms with van der Waals surface area (Å²) in [5, 5.41) is 14.4. The van der Waals surface area contributed by atoms with Crippen LogP contribution in [0.2, 0.25) is 0 Å². The van der Waals surface area contributed by atoms with Crippen LogP contribution in [0.25, 0.3) is 0 Å². The molecule has 0 aliphatic carbocycles. The van der Waals surface area contributed by atoms with E-state index in [9.17, 15) is 9.59 Å². The maximum Gasteiger partial charge on any atom is 0.326 e. The van der Waals surface area contributed by atoms with Crippen molar-refractivity contribution in [1.82, 2.24) is 10.6 Å². The number of carboxylic acids is 1. The predicted molar refractivity (Wildman–Crippen MR) is 74.5 cm³/mol. The highest BCUT2D eigenvalue weighted by Crippen LogP contribution is 2.18. The van der Waals surface area contributed by atoms with Gasteiger partial charge in [0.1, 0.15) is 6.04 Å². The van der Waals surface area contributed by atoms with Crippen molar-refractivity contribution in [2.75, 3.05) is 25.2 Å². The Hall–Kier alpha value is -0.950. The molecule has 0 aromatic carbocycles. The van der Waals surface area contributed by atoms with Crippen molar-refractivity contribution in [1.29, 1.82) is 0 Å². The molecule has 2 atom stereocenters. The molecule has 6 nitrogen and oxygen atoms in total. The van der Waals surface area contributed by atoms with Crippen LogP contribution in [-0.2, 0) is 9.53 Å². The summed E-state index contributed by atoms with van der Waals surface area (Å²) in [7, 11) is 0. The lowest BCUT2D eigenvalue weighted by Gasteiger charge is -2.34. The number of hydrogen-bond acceptors (Lipinski definition) is 4. The van der Waals surface area contributed by atoms with Gasteiger partial charge in [0.2, 0.25) is 0 Å². The van der Waals surface area contributed by atoms with Crippen LogP contribution in [0.5, 0.6) is 0 Å². The molecular formula is C12H22N2O4S. The lowest BCUT2D eigenvalue weighted by Crippen LogP contribution is -2.57. The molecule has 1 aliphatic heterocycles. The smallest absolute Gasteiger partial charge is 0.326 e. The highest BCUT2D eigenvalue weighted by atomic mass is 32.2. The Morgan fingerprint density at radius 2 is 2.26 bits per heavy atom. The minimum Gasteiger partial charge on any atom is -0.480 e. The molecule has 110 valence electrons. The summed E-state index contributed by atoms with van der Waals surface area (Å²) in [4.78, 5) is 22.9. The third-order valence-electron chi connectivity index (χ3n) is 3.07. The Kier molecular flexibility index (Phi) is 6.44. The molecular weight excluding hydrogens is 268 g/mol. The molecule has 0 aromatic rings. The normalized spacial score (nSPS) is 24.5. The molecule has 1 heterocycles. The van der Waals surface area contributed by atoms with Crippen LogP contribution in [0.3, 0.4) is 0 Å². The zero-order valence-electron chi connectivity index (χ0n) is 11.4. The molecule has 19 heavy (non-hydrogen) atoms. The van der Waals surface area contributed by atoms with Crippen molar-refractivity contribution in [3.63, 3.8) is 0 Å². The summed E-state index contributed by atoms with van der Waals surface area (Å²) < 4.78 is 5.34. The van der Waals surface area contributed by atoms with Gasteiger partial charge in [-0.3, -0.25) is 0 Å². The van der Waals surface area contributed by atoms with Gasteiger partial charge < -0.3 is 20.5 Å². The van der Waals surface area contributed by atoms with Crippen LogP contribution in [0.15, 0.2) is 0 Å². The average molecular weight is 290 g/mol. The van der Waals surface area contributed by atoms with Crippen LogP contribution in [-0.4, -0.2) is 53.9 Å². The number of amides is 2. The highest BCUT2D eigenvalue weighted by molar-refractivity contribution is 7.98. The molecule has 2 amide bonds. The predicted octanol–water partition coefficient (Wildman–Crippen LogP) is 1.06. The second-order valence-corrected chi connectivity index (χ2v) is 5.97. The number of nitrogens with one attached hydrogen (secondary N) is 2. The molecule has 0 radical (unpaired) electrons. The highest BCUT2D eigenvalue weighted by Gasteiger charge is 2.30. The lowest BCUT2D eigenvalue weighted by molar-refractivity contribution is -0.139. The number of carbonyl (C=O) groups excluding carboxylic acids is 1. The van der Waals surface area contributed by atoms with Crippen molar-refractivity contribution >= 4 is 23.8 Å². The van der Waals surface area contributed by atoms with Crippen LogP contribution >= 0.6 is 11.8 Å². The first kappa shape index (κ1) is 16.1. The van der Waals surface area contributed by atoms with Crippen molar-refractivity contribution in [2.24, 2.45) is 0 Å². The minimum atomic E-state index is -1.01. The van der Waals surface area contributed by atoms with Gasteiger partial charge in [0.05, 0.1) is 12.1 Å². The number of urea groups is 1. The molecule has 7 heteroatoms. The molecule has 1 rings (SSSR count). The second kappa shape index (κ2) is 7.59. The quantitative estimate of drug-likeness (QED) is 0.681. The third kappa shape index (κ3) is 5.69. The molecule has 1 saturated heterocycles.